The minimum Gasteiger partial charge on any atom is -0.383 e. The molecule has 0 aliphatic heterocycles. The Hall–Kier alpha value is -3.14. The number of rotatable bonds is 3. The molecule has 29 heavy (non-hydrogen) atoms. The number of pyridine rings is 1. The summed E-state index contributed by atoms with van der Waals surface area (Å²) in [5, 5.41) is 5.63. The summed E-state index contributed by atoms with van der Waals surface area (Å²) in [7, 11) is 1.34. The number of carbonyl (C=O) groups excluding carboxylic acids is 1. The Bertz CT molecular complexity index is 1110. The fraction of sp³-hybridized carbons (Fsp3) is 0.167. The van der Waals surface area contributed by atoms with Gasteiger partial charge >= 0.3 is 6.18 Å². The molecule has 3 N–H and O–H groups in total. The first-order valence-electron chi connectivity index (χ1n) is 8.13. The van der Waals surface area contributed by atoms with Crippen LogP contribution in [0.2, 0.25) is 5.02 Å². The summed E-state index contributed by atoms with van der Waals surface area (Å²) in [6.45, 7) is 1.59. The van der Waals surface area contributed by atoms with Crippen molar-refractivity contribution in [2.24, 2.45) is 7.05 Å². The van der Waals surface area contributed by atoms with Gasteiger partial charge in [0.25, 0.3) is 5.91 Å². The van der Waals surface area contributed by atoms with Crippen LogP contribution in [0.4, 0.5) is 29.2 Å². The molecule has 0 spiro atoms. The Labute approximate surface area is 167 Å². The summed E-state index contributed by atoms with van der Waals surface area (Å²) in [6.07, 6.45) is -4.61. The first kappa shape index (κ1) is 20.6. The molecule has 0 radical (unpaired) electrons. The van der Waals surface area contributed by atoms with Crippen molar-refractivity contribution in [2.45, 2.75) is 13.1 Å². The topological polar surface area (TPSA) is 85.8 Å². The highest BCUT2D eigenvalue weighted by Crippen LogP contribution is 2.33. The van der Waals surface area contributed by atoms with E-state index in [0.717, 1.165) is 10.7 Å². The molecule has 0 fully saturated rings. The van der Waals surface area contributed by atoms with Crippen LogP contribution in [-0.2, 0) is 13.2 Å². The molecule has 2 heterocycles. The van der Waals surface area contributed by atoms with Crippen molar-refractivity contribution in [3.05, 3.63) is 58.0 Å². The van der Waals surface area contributed by atoms with E-state index in [0.29, 0.717) is 5.56 Å². The Balaban J connectivity index is 1.88. The Morgan fingerprint density at radius 3 is 2.52 bits per heavy atom. The number of hydrogen-bond donors (Lipinski definition) is 2. The van der Waals surface area contributed by atoms with Gasteiger partial charge in [0.05, 0.1) is 16.3 Å². The first-order chi connectivity index (χ1) is 13.5. The van der Waals surface area contributed by atoms with Gasteiger partial charge in [0.1, 0.15) is 11.6 Å². The van der Waals surface area contributed by atoms with E-state index < -0.39 is 23.6 Å². The van der Waals surface area contributed by atoms with Crippen molar-refractivity contribution in [1.82, 2.24) is 14.8 Å². The van der Waals surface area contributed by atoms with Crippen LogP contribution >= 0.6 is 11.6 Å². The lowest BCUT2D eigenvalue weighted by atomic mass is 10.1. The van der Waals surface area contributed by atoms with Crippen LogP contribution in [0.15, 0.2) is 30.3 Å². The number of nitrogen functional groups attached to an aromatic ring is 1. The van der Waals surface area contributed by atoms with Gasteiger partial charge in [-0.15, -0.1) is 0 Å². The van der Waals surface area contributed by atoms with Crippen molar-refractivity contribution in [3.8, 4) is 11.3 Å². The Kier molecular flexibility index (Phi) is 5.22. The minimum atomic E-state index is -4.61. The maximum atomic E-state index is 14.2. The molecule has 2 aromatic heterocycles. The number of aromatic nitrogens is 3. The molecule has 1 amide bonds. The number of benzene rings is 1. The smallest absolute Gasteiger partial charge is 0.383 e. The van der Waals surface area contributed by atoms with E-state index in [1.807, 2.05) is 0 Å². The lowest BCUT2D eigenvalue weighted by molar-refractivity contribution is -0.141. The highest BCUT2D eigenvalue weighted by Gasteiger charge is 2.35. The second kappa shape index (κ2) is 7.36. The molecule has 0 aliphatic carbocycles. The average molecular weight is 428 g/mol. The number of carbonyl (C=O) groups is 1. The van der Waals surface area contributed by atoms with E-state index in [-0.39, 0.29) is 33.5 Å². The molecular weight excluding hydrogens is 414 g/mol. The monoisotopic (exact) mass is 427 g/mol. The molecule has 1 aromatic carbocycles. The third-order valence-electron chi connectivity index (χ3n) is 4.13. The van der Waals surface area contributed by atoms with Crippen molar-refractivity contribution in [1.29, 1.82) is 0 Å². The number of halogens is 5. The number of aryl methyl sites for hydroxylation is 2. The quantitative estimate of drug-likeness (QED) is 0.605. The number of nitrogens with zero attached hydrogens (tertiary/aromatic N) is 3. The SMILES string of the molecule is Cc1ccc(C(=O)Nc2ccc(-c3cc(C(F)(F)F)nn3C)c(N)n2)c(F)c1Cl. The van der Waals surface area contributed by atoms with Crippen molar-refractivity contribution < 1.29 is 22.4 Å². The van der Waals surface area contributed by atoms with Crippen LogP contribution in [0.3, 0.4) is 0 Å². The predicted molar refractivity (Wildman–Crippen MR) is 100.0 cm³/mol. The van der Waals surface area contributed by atoms with Gasteiger partial charge in [-0.1, -0.05) is 17.7 Å². The van der Waals surface area contributed by atoms with Gasteiger partial charge in [0.2, 0.25) is 0 Å². The zero-order chi connectivity index (χ0) is 21.5. The van der Waals surface area contributed by atoms with Gasteiger partial charge in [-0.05, 0) is 36.8 Å². The van der Waals surface area contributed by atoms with Crippen molar-refractivity contribution in [3.63, 3.8) is 0 Å². The fourth-order valence-corrected chi connectivity index (χ4v) is 2.79. The molecule has 0 bridgehead atoms. The molecule has 0 unspecified atom stereocenters. The second-order valence-corrected chi connectivity index (χ2v) is 6.56. The largest absolute Gasteiger partial charge is 0.435 e. The molecule has 3 rings (SSSR count). The van der Waals surface area contributed by atoms with Crippen LogP contribution < -0.4 is 11.1 Å². The van der Waals surface area contributed by atoms with E-state index >= 15 is 0 Å². The molecule has 6 nitrogen and oxygen atoms in total. The third kappa shape index (κ3) is 4.02. The van der Waals surface area contributed by atoms with Gasteiger partial charge in [0, 0.05) is 12.6 Å². The molecular formula is C18H14ClF4N5O. The van der Waals surface area contributed by atoms with Crippen molar-refractivity contribution in [2.75, 3.05) is 11.1 Å². The zero-order valence-corrected chi connectivity index (χ0v) is 15.9. The van der Waals surface area contributed by atoms with E-state index in [1.165, 1.54) is 31.3 Å². The molecule has 0 aliphatic rings. The molecule has 3 aromatic rings. The lowest BCUT2D eigenvalue weighted by Crippen LogP contribution is -2.15. The highest BCUT2D eigenvalue weighted by molar-refractivity contribution is 6.32. The van der Waals surface area contributed by atoms with E-state index in [2.05, 4.69) is 15.4 Å². The lowest BCUT2D eigenvalue weighted by Gasteiger charge is -2.10. The number of hydrogen-bond acceptors (Lipinski definition) is 4. The zero-order valence-electron chi connectivity index (χ0n) is 15.1. The molecule has 0 saturated heterocycles. The van der Waals surface area contributed by atoms with Gasteiger partial charge in [0.15, 0.2) is 11.5 Å². The Morgan fingerprint density at radius 2 is 1.93 bits per heavy atom. The van der Waals surface area contributed by atoms with Crippen molar-refractivity contribution >= 4 is 29.1 Å². The standard InChI is InChI=1S/C18H14ClF4N5O/c1-8-3-4-10(15(20)14(8)19)17(29)26-13-6-5-9(16(24)25-13)11-7-12(18(21,22)23)27-28(11)2/h3-7H,1-2H3,(H3,24,25,26,29). The molecule has 0 saturated carbocycles. The van der Waals surface area contributed by atoms with Crippen LogP contribution in [0.1, 0.15) is 21.6 Å². The molecule has 0 atom stereocenters. The van der Waals surface area contributed by atoms with E-state index in [4.69, 9.17) is 17.3 Å². The van der Waals surface area contributed by atoms with E-state index in [9.17, 15) is 22.4 Å². The number of amides is 1. The van der Waals surface area contributed by atoms with Gasteiger partial charge in [-0.2, -0.15) is 18.3 Å². The first-order valence-corrected chi connectivity index (χ1v) is 8.51. The summed E-state index contributed by atoms with van der Waals surface area (Å²) in [5.41, 5.74) is 5.25. The maximum Gasteiger partial charge on any atom is 0.435 e. The third-order valence-corrected chi connectivity index (χ3v) is 4.60. The summed E-state index contributed by atoms with van der Waals surface area (Å²) < 4.78 is 53.7. The summed E-state index contributed by atoms with van der Waals surface area (Å²) in [6, 6.07) is 6.32. The summed E-state index contributed by atoms with van der Waals surface area (Å²) in [5.74, 6) is -1.82. The number of alkyl halides is 3. The molecule has 11 heteroatoms. The summed E-state index contributed by atoms with van der Waals surface area (Å²) >= 11 is 5.81. The summed E-state index contributed by atoms with van der Waals surface area (Å²) in [4.78, 5) is 16.3. The normalized spacial score (nSPS) is 11.6. The average Bonchev–Trinajstić information content (AvgIpc) is 3.02. The Morgan fingerprint density at radius 1 is 1.24 bits per heavy atom. The van der Waals surface area contributed by atoms with Gasteiger partial charge < -0.3 is 11.1 Å². The van der Waals surface area contributed by atoms with Crippen LogP contribution in [0.25, 0.3) is 11.3 Å². The fourth-order valence-electron chi connectivity index (χ4n) is 2.62. The van der Waals surface area contributed by atoms with Crippen LogP contribution in [0.5, 0.6) is 0 Å². The predicted octanol–water partition coefficient (Wildman–Crippen LogP) is 4.44. The van der Waals surface area contributed by atoms with Gasteiger partial charge in [-0.25, -0.2) is 9.37 Å². The number of anilines is 2. The number of nitrogens with one attached hydrogen (secondary N) is 1. The maximum absolute atomic E-state index is 14.2. The number of nitrogens with two attached hydrogens (primary N) is 1. The van der Waals surface area contributed by atoms with Crippen LogP contribution in [-0.4, -0.2) is 20.7 Å². The second-order valence-electron chi connectivity index (χ2n) is 6.18. The van der Waals surface area contributed by atoms with Gasteiger partial charge in [-0.3, -0.25) is 9.48 Å². The molecule has 152 valence electrons. The minimum absolute atomic E-state index is 0.00874. The van der Waals surface area contributed by atoms with E-state index in [1.54, 1.807) is 6.92 Å². The van der Waals surface area contributed by atoms with Crippen LogP contribution in [0, 0.1) is 12.7 Å². The highest BCUT2D eigenvalue weighted by atomic mass is 35.5.